The highest BCUT2D eigenvalue weighted by atomic mass is 16.5. The summed E-state index contributed by atoms with van der Waals surface area (Å²) >= 11 is 0. The van der Waals surface area contributed by atoms with Crippen molar-refractivity contribution in [1.82, 2.24) is 35.8 Å². The van der Waals surface area contributed by atoms with Crippen molar-refractivity contribution in [2.75, 3.05) is 0 Å². The largest absolute Gasteiger partial charge is 0.339 e. The molecule has 0 bridgehead atoms. The predicted molar refractivity (Wildman–Crippen MR) is 130 cm³/mol. The molecule has 0 atom stereocenters. The van der Waals surface area contributed by atoms with Gasteiger partial charge in [0.25, 0.3) is 0 Å². The Kier molecular flexibility index (Phi) is 6.57. The van der Waals surface area contributed by atoms with Crippen molar-refractivity contribution in [2.45, 2.75) is 12.8 Å². The van der Waals surface area contributed by atoms with Gasteiger partial charge < -0.3 is 4.52 Å². The van der Waals surface area contributed by atoms with Gasteiger partial charge in [-0.05, 0) is 12.1 Å². The van der Waals surface area contributed by atoms with Gasteiger partial charge in [0.1, 0.15) is 0 Å². The highest BCUT2D eigenvalue weighted by Crippen LogP contribution is 2.21. The molecule has 0 aliphatic heterocycles. The van der Waals surface area contributed by atoms with Crippen LogP contribution in [0.2, 0.25) is 0 Å². The number of rotatable bonds is 7. The summed E-state index contributed by atoms with van der Waals surface area (Å²) in [6, 6.07) is 28.2. The van der Waals surface area contributed by atoms with Gasteiger partial charge in [0.15, 0.2) is 5.82 Å². The van der Waals surface area contributed by atoms with Crippen molar-refractivity contribution >= 4 is 11.8 Å². The van der Waals surface area contributed by atoms with Crippen LogP contribution in [0.5, 0.6) is 0 Å². The summed E-state index contributed by atoms with van der Waals surface area (Å²) in [7, 11) is 0. The number of carbonyl (C=O) groups is 2. The van der Waals surface area contributed by atoms with Crippen molar-refractivity contribution in [3.63, 3.8) is 0 Å². The van der Waals surface area contributed by atoms with E-state index < -0.39 is 11.8 Å². The molecule has 0 radical (unpaired) electrons. The van der Waals surface area contributed by atoms with Gasteiger partial charge in [0.2, 0.25) is 23.4 Å². The number of para-hydroxylation sites is 1. The molecule has 2 amide bonds. The molecule has 5 rings (SSSR count). The van der Waals surface area contributed by atoms with Gasteiger partial charge in [-0.1, -0.05) is 84.0 Å². The number of hydrazine groups is 1. The quantitative estimate of drug-likeness (QED) is 0.343. The number of amides is 2. The Labute approximate surface area is 206 Å². The minimum absolute atomic E-state index is 0.0395. The zero-order valence-electron chi connectivity index (χ0n) is 19.0. The maximum atomic E-state index is 12.7. The van der Waals surface area contributed by atoms with E-state index >= 15 is 0 Å². The van der Waals surface area contributed by atoms with Gasteiger partial charge in [0.05, 0.1) is 5.69 Å². The van der Waals surface area contributed by atoms with Crippen molar-refractivity contribution in [2.24, 2.45) is 0 Å². The van der Waals surface area contributed by atoms with Crippen LogP contribution in [0.1, 0.15) is 22.9 Å². The molecule has 3 aromatic carbocycles. The number of nitrogens with one attached hydrogen (secondary N) is 2. The molecule has 0 spiro atoms. The van der Waals surface area contributed by atoms with Crippen molar-refractivity contribution in [3.05, 3.63) is 103 Å². The van der Waals surface area contributed by atoms with Gasteiger partial charge in [-0.3, -0.25) is 20.4 Å². The van der Waals surface area contributed by atoms with Crippen LogP contribution < -0.4 is 10.9 Å². The normalized spacial score (nSPS) is 10.7. The molecule has 0 saturated heterocycles. The highest BCUT2D eigenvalue weighted by molar-refractivity contribution is 5.92. The fourth-order valence-electron chi connectivity index (χ4n) is 3.46. The number of benzene rings is 3. The Balaban J connectivity index is 1.22. The highest BCUT2D eigenvalue weighted by Gasteiger charge is 2.19. The number of hydrogen-bond donors (Lipinski definition) is 2. The van der Waals surface area contributed by atoms with E-state index in [9.17, 15) is 9.59 Å². The van der Waals surface area contributed by atoms with E-state index in [4.69, 9.17) is 4.52 Å². The Morgan fingerprint density at radius 1 is 0.778 bits per heavy atom. The van der Waals surface area contributed by atoms with Crippen LogP contribution in [0, 0.1) is 0 Å². The van der Waals surface area contributed by atoms with E-state index in [0.29, 0.717) is 17.5 Å². The summed E-state index contributed by atoms with van der Waals surface area (Å²) < 4.78 is 6.80. The smallest absolute Gasteiger partial charge is 0.309 e. The molecule has 2 N–H and O–H groups in total. The lowest BCUT2D eigenvalue weighted by atomic mass is 10.2. The Morgan fingerprint density at radius 2 is 1.42 bits per heavy atom. The molecule has 5 aromatic rings. The molecule has 0 aliphatic carbocycles. The standard InChI is InChI=1S/C26H21N7O3/c34-21(16-17-22-27-23(32-36-22)18-10-4-1-5-11-18)29-30-26(35)24-28-25(19-12-6-2-7-13-19)33(31-24)20-14-8-3-9-15-20/h1-15H,16-17H2,(H,29,34)(H,30,35). The summed E-state index contributed by atoms with van der Waals surface area (Å²) in [6.45, 7) is 0. The summed E-state index contributed by atoms with van der Waals surface area (Å²) in [5.74, 6) is 0.138. The van der Waals surface area contributed by atoms with Gasteiger partial charge in [-0.15, -0.1) is 5.10 Å². The molecule has 178 valence electrons. The molecule has 2 aromatic heterocycles. The number of aromatic nitrogens is 5. The maximum absolute atomic E-state index is 12.7. The second kappa shape index (κ2) is 10.4. The third kappa shape index (κ3) is 5.17. The zero-order valence-corrected chi connectivity index (χ0v) is 19.0. The van der Waals surface area contributed by atoms with Crippen molar-refractivity contribution in [3.8, 4) is 28.5 Å². The number of nitrogens with zero attached hydrogens (tertiary/aromatic N) is 5. The lowest BCUT2D eigenvalue weighted by Crippen LogP contribution is -2.42. The van der Waals surface area contributed by atoms with Crippen LogP contribution in [-0.4, -0.2) is 36.7 Å². The van der Waals surface area contributed by atoms with Gasteiger partial charge in [-0.2, -0.15) is 4.98 Å². The third-order valence-corrected chi connectivity index (χ3v) is 5.22. The monoisotopic (exact) mass is 479 g/mol. The van der Waals surface area contributed by atoms with E-state index in [1.165, 1.54) is 0 Å². The summed E-state index contributed by atoms with van der Waals surface area (Å²) in [6.07, 6.45) is 0.262. The van der Waals surface area contributed by atoms with Gasteiger partial charge in [0, 0.05) is 24.0 Å². The first-order valence-electron chi connectivity index (χ1n) is 11.2. The van der Waals surface area contributed by atoms with Crippen LogP contribution in [0.15, 0.2) is 95.5 Å². The summed E-state index contributed by atoms with van der Waals surface area (Å²) in [4.78, 5) is 33.7. The fourth-order valence-corrected chi connectivity index (χ4v) is 3.46. The van der Waals surface area contributed by atoms with E-state index in [0.717, 1.165) is 16.8 Å². The van der Waals surface area contributed by atoms with E-state index in [1.54, 1.807) is 4.68 Å². The summed E-state index contributed by atoms with van der Waals surface area (Å²) in [5.41, 5.74) is 7.12. The molecule has 10 nitrogen and oxygen atoms in total. The van der Waals surface area contributed by atoms with Crippen molar-refractivity contribution < 1.29 is 14.1 Å². The number of carbonyl (C=O) groups excluding carboxylic acids is 2. The second-order valence-corrected chi connectivity index (χ2v) is 7.75. The van der Waals surface area contributed by atoms with E-state index in [1.807, 2.05) is 91.0 Å². The molecule has 2 heterocycles. The van der Waals surface area contributed by atoms with E-state index in [-0.39, 0.29) is 18.7 Å². The molecule has 36 heavy (non-hydrogen) atoms. The first-order valence-corrected chi connectivity index (χ1v) is 11.2. The first-order chi connectivity index (χ1) is 17.7. The second-order valence-electron chi connectivity index (χ2n) is 7.75. The van der Waals surface area contributed by atoms with Crippen LogP contribution in [0.4, 0.5) is 0 Å². The lowest BCUT2D eigenvalue weighted by Gasteiger charge is -2.05. The molecule has 0 unspecified atom stereocenters. The van der Waals surface area contributed by atoms with Gasteiger partial charge in [-0.25, -0.2) is 9.67 Å². The maximum Gasteiger partial charge on any atom is 0.309 e. The number of hydrogen-bond acceptors (Lipinski definition) is 7. The Bertz CT molecular complexity index is 1410. The minimum atomic E-state index is -0.639. The molecule has 0 saturated carbocycles. The first kappa shape index (κ1) is 22.7. The molecular weight excluding hydrogens is 458 g/mol. The molecule has 0 fully saturated rings. The molecular formula is C26H21N7O3. The fraction of sp³-hybridized carbons (Fsp3) is 0.0769. The van der Waals surface area contributed by atoms with Crippen LogP contribution in [0.25, 0.3) is 28.5 Å². The topological polar surface area (TPSA) is 128 Å². The molecule has 10 heteroatoms. The predicted octanol–water partition coefficient (Wildman–Crippen LogP) is 3.38. The Morgan fingerprint density at radius 3 is 2.11 bits per heavy atom. The van der Waals surface area contributed by atoms with Crippen LogP contribution in [0.3, 0.4) is 0 Å². The number of aryl methyl sites for hydroxylation is 1. The van der Waals surface area contributed by atoms with Crippen LogP contribution in [-0.2, 0) is 11.2 Å². The van der Waals surface area contributed by atoms with Crippen LogP contribution >= 0.6 is 0 Å². The zero-order chi connectivity index (χ0) is 24.7. The average molecular weight is 480 g/mol. The third-order valence-electron chi connectivity index (χ3n) is 5.22. The van der Waals surface area contributed by atoms with Gasteiger partial charge >= 0.3 is 5.91 Å². The lowest BCUT2D eigenvalue weighted by molar-refractivity contribution is -0.121. The van der Waals surface area contributed by atoms with E-state index in [2.05, 4.69) is 31.1 Å². The SMILES string of the molecule is O=C(CCc1nc(-c2ccccc2)no1)NNC(=O)c1nc(-c2ccccc2)n(-c2ccccc2)n1. The minimum Gasteiger partial charge on any atom is -0.339 e. The average Bonchev–Trinajstić information content (AvgIpc) is 3.60. The molecule has 0 aliphatic rings. The van der Waals surface area contributed by atoms with Crippen molar-refractivity contribution in [1.29, 1.82) is 0 Å². The Hall–Kier alpha value is -5.12. The summed E-state index contributed by atoms with van der Waals surface area (Å²) in [5, 5.41) is 8.30.